The van der Waals surface area contributed by atoms with Crippen molar-refractivity contribution in [3.05, 3.63) is 17.6 Å². The summed E-state index contributed by atoms with van der Waals surface area (Å²) in [6.07, 6.45) is 4.26. The van der Waals surface area contributed by atoms with Crippen LogP contribution < -0.4 is 5.32 Å². The lowest BCUT2D eigenvalue weighted by molar-refractivity contribution is 0.543. The van der Waals surface area contributed by atoms with Gasteiger partial charge in [0.15, 0.2) is 0 Å². The highest BCUT2D eigenvalue weighted by atomic mass is 15.0. The van der Waals surface area contributed by atoms with Gasteiger partial charge in [-0.3, -0.25) is 0 Å². The van der Waals surface area contributed by atoms with Gasteiger partial charge in [-0.15, -0.1) is 0 Å². The van der Waals surface area contributed by atoms with E-state index in [0.29, 0.717) is 0 Å². The summed E-state index contributed by atoms with van der Waals surface area (Å²) in [6.45, 7) is 7.44. The van der Waals surface area contributed by atoms with Crippen molar-refractivity contribution in [1.29, 1.82) is 0 Å². The molecule has 0 saturated heterocycles. The van der Waals surface area contributed by atoms with Crippen LogP contribution in [-0.4, -0.2) is 16.5 Å². The fraction of sp³-hybridized carbons (Fsp3) is 0.636. The first-order valence-corrected chi connectivity index (χ1v) is 5.17. The summed E-state index contributed by atoms with van der Waals surface area (Å²) in [5.74, 6) is 1.96. The molecule has 3 heteroatoms. The number of nitrogens with zero attached hydrogens (tertiary/aromatic N) is 2. The lowest BCUT2D eigenvalue weighted by Gasteiger charge is -2.21. The van der Waals surface area contributed by atoms with Crippen LogP contribution in [0.15, 0.2) is 6.20 Å². The van der Waals surface area contributed by atoms with Crippen molar-refractivity contribution < 1.29 is 0 Å². The molecule has 0 bridgehead atoms. The molecule has 0 amide bonds. The first-order chi connectivity index (χ1) is 6.57. The van der Waals surface area contributed by atoms with Crippen LogP contribution in [0.1, 0.15) is 38.6 Å². The van der Waals surface area contributed by atoms with Gasteiger partial charge in [0.25, 0.3) is 0 Å². The number of hydrogen-bond donors (Lipinski definition) is 1. The van der Waals surface area contributed by atoms with E-state index >= 15 is 0 Å². The quantitative estimate of drug-likeness (QED) is 0.682. The molecule has 1 aromatic heterocycles. The molecule has 1 aliphatic rings. The molecule has 1 aliphatic heterocycles. The Hall–Kier alpha value is -1.12. The van der Waals surface area contributed by atoms with Gasteiger partial charge in [0.2, 0.25) is 0 Å². The number of hydrogen-bond acceptors (Lipinski definition) is 3. The van der Waals surface area contributed by atoms with Gasteiger partial charge in [0, 0.05) is 23.7 Å². The summed E-state index contributed by atoms with van der Waals surface area (Å²) in [5.41, 5.74) is 1.29. The molecule has 0 saturated carbocycles. The minimum atomic E-state index is 0.0359. The molecule has 76 valence electrons. The Bertz CT molecular complexity index is 339. The van der Waals surface area contributed by atoms with Gasteiger partial charge in [0.05, 0.1) is 0 Å². The van der Waals surface area contributed by atoms with Crippen molar-refractivity contribution in [2.24, 2.45) is 0 Å². The zero-order chi connectivity index (χ0) is 10.2. The van der Waals surface area contributed by atoms with Crippen LogP contribution >= 0.6 is 0 Å². The van der Waals surface area contributed by atoms with E-state index in [9.17, 15) is 0 Å². The maximum atomic E-state index is 4.56. The van der Waals surface area contributed by atoms with Crippen molar-refractivity contribution >= 4 is 5.82 Å². The molecule has 14 heavy (non-hydrogen) atoms. The van der Waals surface area contributed by atoms with Crippen LogP contribution in [0.3, 0.4) is 0 Å². The molecule has 0 fully saturated rings. The summed E-state index contributed by atoms with van der Waals surface area (Å²) >= 11 is 0. The van der Waals surface area contributed by atoms with Crippen molar-refractivity contribution in [3.8, 4) is 0 Å². The normalized spacial score (nSPS) is 15.9. The van der Waals surface area contributed by atoms with Crippen molar-refractivity contribution in [3.63, 3.8) is 0 Å². The van der Waals surface area contributed by atoms with Crippen LogP contribution in [0.25, 0.3) is 0 Å². The maximum absolute atomic E-state index is 4.56. The van der Waals surface area contributed by atoms with E-state index in [2.05, 4.69) is 36.1 Å². The van der Waals surface area contributed by atoms with Crippen LogP contribution in [0.2, 0.25) is 0 Å². The molecule has 1 aromatic rings. The zero-order valence-corrected chi connectivity index (χ0v) is 9.09. The predicted octanol–water partition coefficient (Wildman–Crippen LogP) is 2.13. The topological polar surface area (TPSA) is 37.8 Å². The number of aryl methyl sites for hydroxylation is 1. The number of rotatable bonds is 0. The molecule has 0 aromatic carbocycles. The minimum Gasteiger partial charge on any atom is -0.370 e. The highest BCUT2D eigenvalue weighted by Gasteiger charge is 2.19. The Morgan fingerprint density at radius 3 is 2.86 bits per heavy atom. The van der Waals surface area contributed by atoms with E-state index in [1.54, 1.807) is 0 Å². The second-order valence-electron chi connectivity index (χ2n) is 4.85. The highest BCUT2D eigenvalue weighted by molar-refractivity contribution is 5.45. The largest absolute Gasteiger partial charge is 0.370 e. The molecular formula is C11H17N3. The van der Waals surface area contributed by atoms with E-state index in [-0.39, 0.29) is 5.41 Å². The summed E-state index contributed by atoms with van der Waals surface area (Å²) in [6, 6.07) is 0. The lowest BCUT2D eigenvalue weighted by Crippen LogP contribution is -2.20. The third-order valence-corrected chi connectivity index (χ3v) is 2.45. The first-order valence-electron chi connectivity index (χ1n) is 5.17. The Kier molecular flexibility index (Phi) is 2.17. The van der Waals surface area contributed by atoms with Gasteiger partial charge in [-0.05, 0) is 12.8 Å². The standard InChI is InChI=1S/C11H17N3/c1-11(2,3)10-13-7-8-5-4-6-12-9(8)14-10/h7H,4-6H2,1-3H3,(H,12,13,14). The molecule has 1 N–H and O–H groups in total. The number of fused-ring (bicyclic) bond motifs is 1. The van der Waals surface area contributed by atoms with Gasteiger partial charge in [-0.2, -0.15) is 0 Å². The molecule has 3 nitrogen and oxygen atoms in total. The highest BCUT2D eigenvalue weighted by Crippen LogP contribution is 2.23. The molecular weight excluding hydrogens is 174 g/mol. The summed E-state index contributed by atoms with van der Waals surface area (Å²) in [4.78, 5) is 8.97. The molecule has 0 spiro atoms. The molecule has 2 rings (SSSR count). The van der Waals surface area contributed by atoms with Gasteiger partial charge in [-0.25, -0.2) is 9.97 Å². The smallest absolute Gasteiger partial charge is 0.135 e. The maximum Gasteiger partial charge on any atom is 0.135 e. The second-order valence-corrected chi connectivity index (χ2v) is 4.85. The van der Waals surface area contributed by atoms with Gasteiger partial charge in [-0.1, -0.05) is 20.8 Å². The van der Waals surface area contributed by atoms with Gasteiger partial charge < -0.3 is 5.32 Å². The van der Waals surface area contributed by atoms with Crippen LogP contribution in [0, 0.1) is 0 Å². The Morgan fingerprint density at radius 2 is 2.14 bits per heavy atom. The number of anilines is 1. The minimum absolute atomic E-state index is 0.0359. The third kappa shape index (κ3) is 1.72. The van der Waals surface area contributed by atoms with E-state index in [4.69, 9.17) is 0 Å². The van der Waals surface area contributed by atoms with Crippen molar-refractivity contribution in [2.45, 2.75) is 39.0 Å². The summed E-state index contributed by atoms with van der Waals surface area (Å²) < 4.78 is 0. The fourth-order valence-corrected chi connectivity index (χ4v) is 1.59. The summed E-state index contributed by atoms with van der Waals surface area (Å²) in [5, 5.41) is 3.32. The number of nitrogens with one attached hydrogen (secondary N) is 1. The monoisotopic (exact) mass is 191 g/mol. The molecule has 0 atom stereocenters. The van der Waals surface area contributed by atoms with Crippen LogP contribution in [0.5, 0.6) is 0 Å². The van der Waals surface area contributed by atoms with E-state index in [1.165, 1.54) is 12.0 Å². The fourth-order valence-electron chi connectivity index (χ4n) is 1.59. The van der Waals surface area contributed by atoms with Crippen molar-refractivity contribution in [2.75, 3.05) is 11.9 Å². The molecule has 0 radical (unpaired) electrons. The van der Waals surface area contributed by atoms with E-state index in [0.717, 1.165) is 24.6 Å². The zero-order valence-electron chi connectivity index (χ0n) is 9.09. The second kappa shape index (κ2) is 3.23. The average Bonchev–Trinajstić information content (AvgIpc) is 2.16. The Morgan fingerprint density at radius 1 is 1.36 bits per heavy atom. The lowest BCUT2D eigenvalue weighted by atomic mass is 9.95. The molecule has 2 heterocycles. The van der Waals surface area contributed by atoms with Crippen molar-refractivity contribution in [1.82, 2.24) is 9.97 Å². The van der Waals surface area contributed by atoms with Gasteiger partial charge >= 0.3 is 0 Å². The number of aromatic nitrogens is 2. The summed E-state index contributed by atoms with van der Waals surface area (Å²) in [7, 11) is 0. The van der Waals surface area contributed by atoms with Gasteiger partial charge in [0.1, 0.15) is 11.6 Å². The molecule has 0 unspecified atom stereocenters. The van der Waals surface area contributed by atoms with Crippen LogP contribution in [0.4, 0.5) is 5.82 Å². The first kappa shape index (κ1) is 9.44. The Labute approximate surface area is 85.0 Å². The third-order valence-electron chi connectivity index (χ3n) is 2.45. The average molecular weight is 191 g/mol. The Balaban J connectivity index is 2.39. The predicted molar refractivity (Wildman–Crippen MR) is 57.5 cm³/mol. The SMILES string of the molecule is CC(C)(C)c1ncc2c(n1)NCCC2. The van der Waals surface area contributed by atoms with E-state index < -0.39 is 0 Å². The van der Waals surface area contributed by atoms with E-state index in [1.807, 2.05) is 6.20 Å². The van der Waals surface area contributed by atoms with Crippen LogP contribution in [-0.2, 0) is 11.8 Å². The molecule has 0 aliphatic carbocycles.